The van der Waals surface area contributed by atoms with Gasteiger partial charge in [0.2, 0.25) is 6.79 Å². The highest BCUT2D eigenvalue weighted by atomic mass is 16.7. The summed E-state index contributed by atoms with van der Waals surface area (Å²) in [5, 5.41) is 0. The number of fused-ring (bicyclic) bond motifs is 1. The monoisotopic (exact) mass is 385 g/mol. The summed E-state index contributed by atoms with van der Waals surface area (Å²) in [7, 11) is 2.69. The van der Waals surface area contributed by atoms with Gasteiger partial charge in [-0.15, -0.1) is 0 Å². The summed E-state index contributed by atoms with van der Waals surface area (Å²) in [5.74, 6) is -0.323. The first-order valence-corrected chi connectivity index (χ1v) is 9.39. The van der Waals surface area contributed by atoms with Crippen molar-refractivity contribution >= 4 is 11.9 Å². The van der Waals surface area contributed by atoms with Crippen molar-refractivity contribution in [2.45, 2.75) is 37.6 Å². The van der Waals surface area contributed by atoms with Gasteiger partial charge in [-0.3, -0.25) is 0 Å². The fourth-order valence-electron chi connectivity index (χ4n) is 4.12. The normalized spacial score (nSPS) is 19.3. The molecule has 3 aliphatic rings. The van der Waals surface area contributed by atoms with Crippen LogP contribution in [-0.4, -0.2) is 43.9 Å². The molecule has 0 spiro atoms. The van der Waals surface area contributed by atoms with Gasteiger partial charge in [0.1, 0.15) is 0 Å². The van der Waals surface area contributed by atoms with Crippen molar-refractivity contribution in [3.05, 3.63) is 47.3 Å². The molecule has 7 nitrogen and oxygen atoms in total. The van der Waals surface area contributed by atoms with Gasteiger partial charge in [-0.05, 0) is 30.5 Å². The van der Waals surface area contributed by atoms with Crippen molar-refractivity contribution < 1.29 is 28.5 Å². The SMILES string of the molecule is COC(=O)C1=CN(C2CCCC2)C=C(C(=O)OC)C1c1ccc2c(c1)OCO2. The van der Waals surface area contributed by atoms with Gasteiger partial charge >= 0.3 is 11.9 Å². The molecule has 1 aliphatic carbocycles. The van der Waals surface area contributed by atoms with E-state index < -0.39 is 17.9 Å². The van der Waals surface area contributed by atoms with Gasteiger partial charge in [-0.1, -0.05) is 18.9 Å². The second-order valence-electron chi connectivity index (χ2n) is 7.08. The number of carbonyl (C=O) groups excluding carboxylic acids is 2. The summed E-state index contributed by atoms with van der Waals surface area (Å²) in [6.07, 6.45) is 7.92. The quantitative estimate of drug-likeness (QED) is 0.738. The molecular weight excluding hydrogens is 362 g/mol. The molecule has 4 rings (SSSR count). The molecule has 1 aromatic carbocycles. The molecule has 0 radical (unpaired) electrons. The first-order valence-electron chi connectivity index (χ1n) is 9.39. The molecule has 0 amide bonds. The van der Waals surface area contributed by atoms with Crippen LogP contribution >= 0.6 is 0 Å². The summed E-state index contributed by atoms with van der Waals surface area (Å²) >= 11 is 0. The second-order valence-corrected chi connectivity index (χ2v) is 7.08. The van der Waals surface area contributed by atoms with Crippen molar-refractivity contribution in [3.8, 4) is 11.5 Å². The Kier molecular flexibility index (Phi) is 4.98. The van der Waals surface area contributed by atoms with Gasteiger partial charge in [0.05, 0.1) is 31.3 Å². The van der Waals surface area contributed by atoms with E-state index in [9.17, 15) is 9.59 Å². The highest BCUT2D eigenvalue weighted by molar-refractivity contribution is 5.98. The van der Waals surface area contributed by atoms with E-state index in [1.54, 1.807) is 12.1 Å². The van der Waals surface area contributed by atoms with Crippen molar-refractivity contribution in [2.24, 2.45) is 0 Å². The Morgan fingerprint density at radius 2 is 1.57 bits per heavy atom. The van der Waals surface area contributed by atoms with E-state index in [1.165, 1.54) is 14.2 Å². The van der Waals surface area contributed by atoms with E-state index in [-0.39, 0.29) is 12.8 Å². The smallest absolute Gasteiger partial charge is 0.336 e. The van der Waals surface area contributed by atoms with Gasteiger partial charge < -0.3 is 23.8 Å². The Hall–Kier alpha value is -2.96. The maximum absolute atomic E-state index is 12.6. The number of hydrogen-bond donors (Lipinski definition) is 0. The zero-order valence-corrected chi connectivity index (χ0v) is 16.0. The van der Waals surface area contributed by atoms with Crippen LogP contribution in [0, 0.1) is 0 Å². The minimum absolute atomic E-state index is 0.151. The molecule has 28 heavy (non-hydrogen) atoms. The number of carbonyl (C=O) groups is 2. The summed E-state index contributed by atoms with van der Waals surface area (Å²) < 4.78 is 20.9. The topological polar surface area (TPSA) is 74.3 Å². The third kappa shape index (κ3) is 3.21. The molecule has 0 unspecified atom stereocenters. The van der Waals surface area contributed by atoms with Crippen molar-refractivity contribution in [3.63, 3.8) is 0 Å². The number of ether oxygens (including phenoxy) is 4. The zero-order valence-electron chi connectivity index (χ0n) is 16.0. The van der Waals surface area contributed by atoms with Crippen molar-refractivity contribution in [2.75, 3.05) is 21.0 Å². The lowest BCUT2D eigenvalue weighted by Crippen LogP contribution is -2.33. The van der Waals surface area contributed by atoms with Crippen LogP contribution in [0.3, 0.4) is 0 Å². The Morgan fingerprint density at radius 3 is 2.18 bits per heavy atom. The molecule has 2 heterocycles. The summed E-state index contributed by atoms with van der Waals surface area (Å²) in [6, 6.07) is 5.67. The van der Waals surface area contributed by atoms with E-state index in [2.05, 4.69) is 0 Å². The van der Waals surface area contributed by atoms with Crippen LogP contribution in [0.5, 0.6) is 11.5 Å². The Bertz CT molecular complexity index is 818. The highest BCUT2D eigenvalue weighted by Crippen LogP contribution is 2.42. The number of esters is 2. The molecule has 148 valence electrons. The van der Waals surface area contributed by atoms with Crippen LogP contribution in [0.15, 0.2) is 41.7 Å². The van der Waals surface area contributed by atoms with Gasteiger partial charge in [-0.25, -0.2) is 9.59 Å². The molecule has 1 aromatic rings. The molecule has 1 fully saturated rings. The average Bonchev–Trinajstić information content (AvgIpc) is 3.42. The molecule has 2 aliphatic heterocycles. The number of nitrogens with zero attached hydrogens (tertiary/aromatic N) is 1. The lowest BCUT2D eigenvalue weighted by atomic mass is 9.83. The first-order chi connectivity index (χ1) is 13.6. The lowest BCUT2D eigenvalue weighted by molar-refractivity contribution is -0.137. The van der Waals surface area contributed by atoms with E-state index in [1.807, 2.05) is 23.4 Å². The Morgan fingerprint density at radius 1 is 0.964 bits per heavy atom. The Balaban J connectivity index is 1.80. The Labute approximate surface area is 163 Å². The zero-order chi connectivity index (χ0) is 19.7. The van der Waals surface area contributed by atoms with E-state index >= 15 is 0 Å². The maximum atomic E-state index is 12.6. The predicted molar refractivity (Wildman–Crippen MR) is 99.6 cm³/mol. The molecule has 0 saturated heterocycles. The van der Waals surface area contributed by atoms with Crippen LogP contribution in [-0.2, 0) is 19.1 Å². The number of methoxy groups -OCH3 is 2. The molecule has 0 bridgehead atoms. The highest BCUT2D eigenvalue weighted by Gasteiger charge is 2.37. The maximum Gasteiger partial charge on any atom is 0.336 e. The van der Waals surface area contributed by atoms with Crippen molar-refractivity contribution in [1.29, 1.82) is 0 Å². The molecular formula is C21H23NO6. The first kappa shape index (κ1) is 18.4. The molecule has 1 saturated carbocycles. The van der Waals surface area contributed by atoms with E-state index in [0.717, 1.165) is 31.2 Å². The number of hydrogen-bond acceptors (Lipinski definition) is 7. The van der Waals surface area contributed by atoms with Gasteiger partial charge in [-0.2, -0.15) is 0 Å². The number of benzene rings is 1. The largest absolute Gasteiger partial charge is 0.466 e. The lowest BCUT2D eigenvalue weighted by Gasteiger charge is -2.33. The molecule has 0 aromatic heterocycles. The summed E-state index contributed by atoms with van der Waals surface area (Å²) in [5.41, 5.74) is 1.54. The standard InChI is InChI=1S/C21H23NO6/c1-25-20(23)15-10-22(14-5-3-4-6-14)11-16(21(24)26-2)19(15)13-7-8-17-18(9-13)28-12-27-17/h7-11,14,19H,3-6,12H2,1-2H3. The average molecular weight is 385 g/mol. The van der Waals surface area contributed by atoms with Gasteiger partial charge in [0, 0.05) is 18.4 Å². The van der Waals surface area contributed by atoms with Crippen LogP contribution in [0.25, 0.3) is 0 Å². The second kappa shape index (κ2) is 7.58. The van der Waals surface area contributed by atoms with Gasteiger partial charge in [0.15, 0.2) is 11.5 Å². The van der Waals surface area contributed by atoms with E-state index in [0.29, 0.717) is 22.6 Å². The predicted octanol–water partition coefficient (Wildman–Crippen LogP) is 2.87. The molecule has 0 N–H and O–H groups in total. The van der Waals surface area contributed by atoms with Gasteiger partial charge in [0.25, 0.3) is 0 Å². The fraction of sp³-hybridized carbons (Fsp3) is 0.429. The van der Waals surface area contributed by atoms with Crippen LogP contribution in [0.4, 0.5) is 0 Å². The summed E-state index contributed by atoms with van der Waals surface area (Å²) in [4.78, 5) is 27.3. The number of rotatable bonds is 4. The minimum atomic E-state index is -0.605. The molecule has 0 atom stereocenters. The van der Waals surface area contributed by atoms with Crippen molar-refractivity contribution in [1.82, 2.24) is 4.90 Å². The fourth-order valence-corrected chi connectivity index (χ4v) is 4.12. The minimum Gasteiger partial charge on any atom is -0.466 e. The van der Waals surface area contributed by atoms with Crippen LogP contribution in [0.2, 0.25) is 0 Å². The van der Waals surface area contributed by atoms with Crippen LogP contribution < -0.4 is 9.47 Å². The molecule has 7 heteroatoms. The van der Waals surface area contributed by atoms with E-state index in [4.69, 9.17) is 18.9 Å². The van der Waals surface area contributed by atoms with Crippen LogP contribution in [0.1, 0.15) is 37.2 Å². The third-order valence-electron chi connectivity index (χ3n) is 5.52. The third-order valence-corrected chi connectivity index (χ3v) is 5.52. The summed E-state index contributed by atoms with van der Waals surface area (Å²) in [6.45, 7) is 0.151.